The van der Waals surface area contributed by atoms with Gasteiger partial charge in [-0.25, -0.2) is 4.79 Å². The van der Waals surface area contributed by atoms with Crippen LogP contribution in [0.1, 0.15) is 18.5 Å². The van der Waals surface area contributed by atoms with Crippen molar-refractivity contribution in [2.45, 2.75) is 24.9 Å². The second-order valence-electron chi connectivity index (χ2n) is 5.12. The Balaban J connectivity index is 2.57. The number of esters is 1. The van der Waals surface area contributed by atoms with Crippen molar-refractivity contribution in [2.75, 3.05) is 6.61 Å². The number of hydrogen-bond donors (Lipinski definition) is 3. The van der Waals surface area contributed by atoms with Gasteiger partial charge in [0.2, 0.25) is 0 Å². The number of alkyl halides is 3. The fourth-order valence-electron chi connectivity index (χ4n) is 2.51. The van der Waals surface area contributed by atoms with Gasteiger partial charge in [-0.3, -0.25) is 4.79 Å². The summed E-state index contributed by atoms with van der Waals surface area (Å²) in [5.41, 5.74) is -3.66. The maximum Gasteiger partial charge on any atom is 0.437 e. The van der Waals surface area contributed by atoms with Crippen LogP contribution in [0.5, 0.6) is 0 Å². The molecule has 0 bridgehead atoms. The van der Waals surface area contributed by atoms with E-state index in [1.54, 1.807) is 0 Å². The molecule has 1 fully saturated rings. The van der Waals surface area contributed by atoms with Crippen LogP contribution in [0, 0.1) is 5.92 Å². The summed E-state index contributed by atoms with van der Waals surface area (Å²) in [6.07, 6.45) is -5.31. The van der Waals surface area contributed by atoms with E-state index in [-0.39, 0.29) is 17.2 Å². The van der Waals surface area contributed by atoms with Crippen molar-refractivity contribution in [3.8, 4) is 0 Å². The molecule has 3 N–H and O–H groups in total. The Morgan fingerprint density at radius 2 is 2.12 bits per heavy atom. The summed E-state index contributed by atoms with van der Waals surface area (Å²) in [7, 11) is 0. The standard InChI is InChI=1S/C14H14ClF3N2O4/c1-2-24-11(21)9-10(7-4-3-5-8(15)6-7)19-12(22)20-13(9,23)14(16,17)18/h3-6,9-10,23H,2H2,1H3,(H2,19,20,22)/t9-,10-,13+/m0/s1. The lowest BCUT2D eigenvalue weighted by Crippen LogP contribution is -2.73. The fraction of sp³-hybridized carbons (Fsp3) is 0.429. The summed E-state index contributed by atoms with van der Waals surface area (Å²) in [6, 6.07) is 2.83. The van der Waals surface area contributed by atoms with Crippen LogP contribution in [0.25, 0.3) is 0 Å². The summed E-state index contributed by atoms with van der Waals surface area (Å²) in [4.78, 5) is 23.8. The topological polar surface area (TPSA) is 87.7 Å². The maximum atomic E-state index is 13.4. The van der Waals surface area contributed by atoms with Crippen LogP contribution in [-0.4, -0.2) is 35.6 Å². The van der Waals surface area contributed by atoms with Crippen molar-refractivity contribution in [3.63, 3.8) is 0 Å². The van der Waals surface area contributed by atoms with Crippen LogP contribution in [-0.2, 0) is 9.53 Å². The molecule has 0 spiro atoms. The van der Waals surface area contributed by atoms with Crippen LogP contribution in [0.2, 0.25) is 5.02 Å². The zero-order valence-corrected chi connectivity index (χ0v) is 13.1. The first kappa shape index (κ1) is 18.3. The lowest BCUT2D eigenvalue weighted by Gasteiger charge is -2.44. The zero-order valence-electron chi connectivity index (χ0n) is 12.4. The molecule has 1 aromatic carbocycles. The Bertz CT molecular complexity index is 655. The van der Waals surface area contributed by atoms with E-state index in [1.807, 2.05) is 0 Å². The lowest BCUT2D eigenvalue weighted by molar-refractivity contribution is -0.294. The Morgan fingerprint density at radius 3 is 2.67 bits per heavy atom. The highest BCUT2D eigenvalue weighted by molar-refractivity contribution is 6.30. The number of urea groups is 1. The third kappa shape index (κ3) is 3.27. The molecule has 10 heteroatoms. The number of hydrogen-bond acceptors (Lipinski definition) is 4. The number of nitrogens with one attached hydrogen (secondary N) is 2. The van der Waals surface area contributed by atoms with Crippen LogP contribution >= 0.6 is 11.6 Å². The average molecular weight is 367 g/mol. The molecule has 1 aliphatic heterocycles. The number of aliphatic hydroxyl groups is 1. The molecule has 3 atom stereocenters. The first-order valence-electron chi connectivity index (χ1n) is 6.90. The molecule has 1 aromatic rings. The van der Waals surface area contributed by atoms with Crippen molar-refractivity contribution < 1.29 is 32.6 Å². The summed E-state index contributed by atoms with van der Waals surface area (Å²) >= 11 is 5.82. The SMILES string of the molecule is CCOC(=O)[C@@H]1[C@H](c2cccc(Cl)c2)NC(=O)N[C@]1(O)C(F)(F)F. The highest BCUT2D eigenvalue weighted by Crippen LogP contribution is 2.43. The Morgan fingerprint density at radius 1 is 1.46 bits per heavy atom. The number of rotatable bonds is 3. The van der Waals surface area contributed by atoms with Crippen LogP contribution in [0.15, 0.2) is 24.3 Å². The molecule has 0 unspecified atom stereocenters. The minimum absolute atomic E-state index is 0.123. The molecule has 0 aliphatic carbocycles. The molecule has 1 heterocycles. The molecule has 0 saturated carbocycles. The van der Waals surface area contributed by atoms with E-state index in [2.05, 4.69) is 10.1 Å². The smallest absolute Gasteiger partial charge is 0.437 e. The number of carbonyl (C=O) groups is 2. The summed E-state index contributed by atoms with van der Waals surface area (Å²) in [5, 5.41) is 13.9. The Labute approximate surface area is 139 Å². The second-order valence-corrected chi connectivity index (χ2v) is 5.56. The predicted molar refractivity (Wildman–Crippen MR) is 77.0 cm³/mol. The zero-order chi connectivity index (χ0) is 18.1. The predicted octanol–water partition coefficient (Wildman–Crippen LogP) is 2.12. The second kappa shape index (κ2) is 6.48. The first-order chi connectivity index (χ1) is 11.1. The van der Waals surface area contributed by atoms with Gasteiger partial charge in [-0.05, 0) is 24.6 Å². The summed E-state index contributed by atoms with van der Waals surface area (Å²) < 4.78 is 44.8. The summed E-state index contributed by atoms with van der Waals surface area (Å²) in [5.74, 6) is -3.47. The third-order valence-corrected chi connectivity index (χ3v) is 3.79. The van der Waals surface area contributed by atoms with Crippen molar-refractivity contribution in [1.29, 1.82) is 0 Å². The lowest BCUT2D eigenvalue weighted by atomic mass is 9.82. The van der Waals surface area contributed by atoms with Crippen LogP contribution in [0.4, 0.5) is 18.0 Å². The van der Waals surface area contributed by atoms with E-state index in [1.165, 1.54) is 36.5 Å². The molecule has 2 amide bonds. The van der Waals surface area contributed by atoms with E-state index in [0.717, 1.165) is 0 Å². The largest absolute Gasteiger partial charge is 0.466 e. The van der Waals surface area contributed by atoms with Gasteiger partial charge in [0.05, 0.1) is 12.6 Å². The van der Waals surface area contributed by atoms with Gasteiger partial charge in [0.15, 0.2) is 0 Å². The molecule has 2 rings (SSSR count). The fourth-order valence-corrected chi connectivity index (χ4v) is 2.71. The molecule has 132 valence electrons. The number of halogens is 4. The van der Waals surface area contributed by atoms with E-state index in [4.69, 9.17) is 11.6 Å². The molecule has 1 aliphatic rings. The van der Waals surface area contributed by atoms with Gasteiger partial charge in [0.1, 0.15) is 5.92 Å². The van der Waals surface area contributed by atoms with Crippen LogP contribution in [0.3, 0.4) is 0 Å². The minimum Gasteiger partial charge on any atom is -0.466 e. The van der Waals surface area contributed by atoms with Gasteiger partial charge in [0, 0.05) is 5.02 Å². The number of carbonyl (C=O) groups excluding carboxylic acids is 2. The van der Waals surface area contributed by atoms with E-state index < -0.39 is 35.9 Å². The van der Waals surface area contributed by atoms with Crippen LogP contribution < -0.4 is 10.6 Å². The quantitative estimate of drug-likeness (QED) is 0.715. The van der Waals surface area contributed by atoms with Gasteiger partial charge < -0.3 is 20.5 Å². The molecular formula is C14H14ClF3N2O4. The molecule has 0 aromatic heterocycles. The van der Waals surface area contributed by atoms with Gasteiger partial charge in [-0.15, -0.1) is 0 Å². The van der Waals surface area contributed by atoms with Gasteiger partial charge in [-0.1, -0.05) is 23.7 Å². The van der Waals surface area contributed by atoms with Crippen molar-refractivity contribution >= 4 is 23.6 Å². The molecule has 6 nitrogen and oxygen atoms in total. The Hall–Kier alpha value is -2.00. The molecule has 24 heavy (non-hydrogen) atoms. The highest BCUT2D eigenvalue weighted by Gasteiger charge is 2.67. The third-order valence-electron chi connectivity index (χ3n) is 3.55. The number of ether oxygens (including phenoxy) is 1. The van der Waals surface area contributed by atoms with E-state index in [0.29, 0.717) is 0 Å². The number of amides is 2. The molecule has 1 saturated heterocycles. The average Bonchev–Trinajstić information content (AvgIpc) is 2.45. The molecule has 0 radical (unpaired) electrons. The van der Waals surface area contributed by atoms with E-state index >= 15 is 0 Å². The minimum atomic E-state index is -5.31. The maximum absolute atomic E-state index is 13.4. The van der Waals surface area contributed by atoms with Crippen molar-refractivity contribution in [3.05, 3.63) is 34.9 Å². The van der Waals surface area contributed by atoms with Gasteiger partial charge in [0.25, 0.3) is 5.72 Å². The summed E-state index contributed by atoms with van der Waals surface area (Å²) in [6.45, 7) is 1.22. The van der Waals surface area contributed by atoms with Gasteiger partial charge >= 0.3 is 18.2 Å². The first-order valence-corrected chi connectivity index (χ1v) is 7.28. The highest BCUT2D eigenvalue weighted by atomic mass is 35.5. The van der Waals surface area contributed by atoms with E-state index in [9.17, 15) is 27.9 Å². The number of benzene rings is 1. The van der Waals surface area contributed by atoms with Crippen molar-refractivity contribution in [2.24, 2.45) is 5.92 Å². The Kier molecular flexibility index (Phi) is 4.95. The van der Waals surface area contributed by atoms with Gasteiger partial charge in [-0.2, -0.15) is 13.2 Å². The normalized spacial score (nSPS) is 27.2. The monoisotopic (exact) mass is 366 g/mol. The molecular weight excluding hydrogens is 353 g/mol. The van der Waals surface area contributed by atoms with Crippen molar-refractivity contribution in [1.82, 2.24) is 10.6 Å².